The summed E-state index contributed by atoms with van der Waals surface area (Å²) in [5.41, 5.74) is 5.66. The summed E-state index contributed by atoms with van der Waals surface area (Å²) in [4.78, 5) is 4.51. The van der Waals surface area contributed by atoms with Gasteiger partial charge in [0.2, 0.25) is 11.7 Å². The summed E-state index contributed by atoms with van der Waals surface area (Å²) in [6.07, 6.45) is 6.81. The molecule has 0 bridgehead atoms. The summed E-state index contributed by atoms with van der Waals surface area (Å²) in [7, 11) is 0. The molecule has 1 aromatic heterocycles. The Hall–Kier alpha value is -0.940. The number of ether oxygens (including phenoxy) is 1. The maximum absolute atomic E-state index is 6.00. The summed E-state index contributed by atoms with van der Waals surface area (Å²) in [5.74, 6) is 1.81. The van der Waals surface area contributed by atoms with Crippen LogP contribution in [0, 0.1) is 5.92 Å². The molecule has 2 N–H and O–H groups in total. The molecule has 0 amide bonds. The predicted octanol–water partition coefficient (Wildman–Crippen LogP) is 3.01. The zero-order valence-corrected chi connectivity index (χ0v) is 12.9. The van der Waals surface area contributed by atoms with Crippen LogP contribution in [0.5, 0.6) is 0 Å². The first kappa shape index (κ1) is 15.4. The third kappa shape index (κ3) is 4.28. The standard InChI is InChI=1S/C15H27N3O2/c1-4-19-13(11-8-6-5-7-9-11)14-17-12(20-18-14)10-15(2,3)16/h11,13H,4-10,16H2,1-3H3. The lowest BCUT2D eigenvalue weighted by molar-refractivity contribution is -0.00145. The summed E-state index contributed by atoms with van der Waals surface area (Å²) in [6, 6.07) is 0. The Balaban J connectivity index is 2.08. The van der Waals surface area contributed by atoms with Gasteiger partial charge in [0.1, 0.15) is 6.10 Å². The first-order valence-corrected chi connectivity index (χ1v) is 7.72. The molecule has 1 atom stereocenters. The molecule has 114 valence electrons. The van der Waals surface area contributed by atoms with Gasteiger partial charge in [0, 0.05) is 18.6 Å². The Morgan fingerprint density at radius 1 is 1.35 bits per heavy atom. The van der Waals surface area contributed by atoms with E-state index in [1.807, 2.05) is 20.8 Å². The Morgan fingerprint density at radius 3 is 2.65 bits per heavy atom. The first-order valence-electron chi connectivity index (χ1n) is 7.72. The monoisotopic (exact) mass is 281 g/mol. The molecule has 1 aliphatic carbocycles. The van der Waals surface area contributed by atoms with Crippen molar-refractivity contribution >= 4 is 0 Å². The minimum Gasteiger partial charge on any atom is -0.370 e. The highest BCUT2D eigenvalue weighted by atomic mass is 16.5. The average Bonchev–Trinajstić information content (AvgIpc) is 2.83. The van der Waals surface area contributed by atoms with E-state index in [1.54, 1.807) is 0 Å². The number of hydrogen-bond acceptors (Lipinski definition) is 5. The van der Waals surface area contributed by atoms with Crippen molar-refractivity contribution in [2.45, 2.75) is 70.9 Å². The summed E-state index contributed by atoms with van der Waals surface area (Å²) < 4.78 is 11.2. The van der Waals surface area contributed by atoms with Gasteiger partial charge in [-0.15, -0.1) is 0 Å². The molecule has 0 radical (unpaired) electrons. The van der Waals surface area contributed by atoms with Crippen LogP contribution in [-0.2, 0) is 11.2 Å². The Labute approximate surface area is 121 Å². The number of rotatable bonds is 6. The smallest absolute Gasteiger partial charge is 0.228 e. The van der Waals surface area contributed by atoms with E-state index < -0.39 is 0 Å². The summed E-state index contributed by atoms with van der Waals surface area (Å²) in [5, 5.41) is 4.13. The van der Waals surface area contributed by atoms with Gasteiger partial charge in [-0.3, -0.25) is 0 Å². The van der Waals surface area contributed by atoms with Crippen LogP contribution >= 0.6 is 0 Å². The third-order valence-electron chi connectivity index (χ3n) is 3.77. The fraction of sp³-hybridized carbons (Fsp3) is 0.867. The number of nitrogens with zero attached hydrogens (tertiary/aromatic N) is 2. The lowest BCUT2D eigenvalue weighted by Gasteiger charge is -2.27. The van der Waals surface area contributed by atoms with Crippen LogP contribution in [0.1, 0.15) is 70.7 Å². The molecule has 20 heavy (non-hydrogen) atoms. The van der Waals surface area contributed by atoms with Gasteiger partial charge in [-0.25, -0.2) is 0 Å². The van der Waals surface area contributed by atoms with E-state index in [9.17, 15) is 0 Å². The Bertz CT molecular complexity index is 405. The molecular weight excluding hydrogens is 254 g/mol. The molecule has 1 heterocycles. The van der Waals surface area contributed by atoms with Crippen molar-refractivity contribution in [1.29, 1.82) is 0 Å². The van der Waals surface area contributed by atoms with E-state index in [0.29, 0.717) is 30.7 Å². The second kappa shape index (κ2) is 6.68. The lowest BCUT2D eigenvalue weighted by atomic mass is 9.85. The van der Waals surface area contributed by atoms with E-state index in [1.165, 1.54) is 32.1 Å². The molecule has 5 nitrogen and oxygen atoms in total. The number of aromatic nitrogens is 2. The second-order valence-corrected chi connectivity index (χ2v) is 6.49. The van der Waals surface area contributed by atoms with Gasteiger partial charge in [-0.2, -0.15) is 4.98 Å². The van der Waals surface area contributed by atoms with E-state index in [2.05, 4.69) is 10.1 Å². The number of nitrogens with two attached hydrogens (primary N) is 1. The molecule has 1 unspecified atom stereocenters. The van der Waals surface area contributed by atoms with Gasteiger partial charge < -0.3 is 15.0 Å². The van der Waals surface area contributed by atoms with Crippen molar-refractivity contribution < 1.29 is 9.26 Å². The molecule has 0 aromatic carbocycles. The topological polar surface area (TPSA) is 74.2 Å². The molecule has 1 saturated carbocycles. The average molecular weight is 281 g/mol. The van der Waals surface area contributed by atoms with Crippen LogP contribution in [0.4, 0.5) is 0 Å². The van der Waals surface area contributed by atoms with Gasteiger partial charge >= 0.3 is 0 Å². The van der Waals surface area contributed by atoms with Crippen LogP contribution in [-0.4, -0.2) is 22.3 Å². The van der Waals surface area contributed by atoms with Gasteiger partial charge in [0.15, 0.2) is 0 Å². The SMILES string of the molecule is CCOC(c1noc(CC(C)(C)N)n1)C1CCCCC1. The highest BCUT2D eigenvalue weighted by molar-refractivity contribution is 4.97. The van der Waals surface area contributed by atoms with Crippen molar-refractivity contribution in [2.75, 3.05) is 6.61 Å². The molecule has 2 rings (SSSR count). The maximum Gasteiger partial charge on any atom is 0.228 e. The van der Waals surface area contributed by atoms with E-state index in [-0.39, 0.29) is 11.6 Å². The van der Waals surface area contributed by atoms with Crippen LogP contribution in [0.15, 0.2) is 4.52 Å². The fourth-order valence-electron chi connectivity index (χ4n) is 2.88. The molecule has 0 spiro atoms. The highest BCUT2D eigenvalue weighted by Crippen LogP contribution is 2.35. The third-order valence-corrected chi connectivity index (χ3v) is 3.77. The molecule has 5 heteroatoms. The molecule has 0 aliphatic heterocycles. The molecule has 1 aliphatic rings. The Kier molecular flexibility index (Phi) is 5.16. The van der Waals surface area contributed by atoms with Crippen LogP contribution in [0.2, 0.25) is 0 Å². The zero-order chi connectivity index (χ0) is 14.6. The summed E-state index contributed by atoms with van der Waals surface area (Å²) in [6.45, 7) is 6.60. The van der Waals surface area contributed by atoms with E-state index >= 15 is 0 Å². The quantitative estimate of drug-likeness (QED) is 0.867. The van der Waals surface area contributed by atoms with Crippen molar-refractivity contribution in [3.8, 4) is 0 Å². The van der Waals surface area contributed by atoms with Gasteiger partial charge in [-0.05, 0) is 39.5 Å². The van der Waals surface area contributed by atoms with Gasteiger partial charge in [-0.1, -0.05) is 24.4 Å². The lowest BCUT2D eigenvalue weighted by Crippen LogP contribution is -2.34. The Morgan fingerprint density at radius 2 is 2.05 bits per heavy atom. The predicted molar refractivity (Wildman–Crippen MR) is 77.2 cm³/mol. The van der Waals surface area contributed by atoms with Gasteiger partial charge in [0.25, 0.3) is 0 Å². The maximum atomic E-state index is 6.00. The van der Waals surface area contributed by atoms with Crippen molar-refractivity contribution in [3.05, 3.63) is 11.7 Å². The molecule has 1 fully saturated rings. The van der Waals surface area contributed by atoms with Crippen molar-refractivity contribution in [1.82, 2.24) is 10.1 Å². The van der Waals surface area contributed by atoms with Crippen molar-refractivity contribution in [2.24, 2.45) is 11.7 Å². The number of hydrogen-bond donors (Lipinski definition) is 1. The van der Waals surface area contributed by atoms with Gasteiger partial charge in [0.05, 0.1) is 0 Å². The minimum absolute atomic E-state index is 0.0290. The fourth-order valence-corrected chi connectivity index (χ4v) is 2.88. The first-order chi connectivity index (χ1) is 9.49. The van der Waals surface area contributed by atoms with Crippen LogP contribution in [0.3, 0.4) is 0 Å². The van der Waals surface area contributed by atoms with Crippen molar-refractivity contribution in [3.63, 3.8) is 0 Å². The second-order valence-electron chi connectivity index (χ2n) is 6.49. The highest BCUT2D eigenvalue weighted by Gasteiger charge is 2.30. The van der Waals surface area contributed by atoms with Crippen LogP contribution < -0.4 is 5.73 Å². The van der Waals surface area contributed by atoms with Crippen LogP contribution in [0.25, 0.3) is 0 Å². The zero-order valence-electron chi connectivity index (χ0n) is 12.9. The minimum atomic E-state index is -0.338. The largest absolute Gasteiger partial charge is 0.370 e. The van der Waals surface area contributed by atoms with E-state index in [4.69, 9.17) is 15.0 Å². The normalized spacial score (nSPS) is 19.2. The molecule has 1 aromatic rings. The van der Waals surface area contributed by atoms with E-state index in [0.717, 1.165) is 0 Å². The molecular formula is C15H27N3O2. The molecule has 0 saturated heterocycles. The summed E-state index contributed by atoms with van der Waals surface area (Å²) >= 11 is 0.